The molecule has 1 amide bonds. The minimum absolute atomic E-state index is 0.0634. The van der Waals surface area contributed by atoms with E-state index in [9.17, 15) is 13.2 Å². The molecule has 1 aromatic rings. The van der Waals surface area contributed by atoms with Gasteiger partial charge in [0.1, 0.15) is 0 Å². The van der Waals surface area contributed by atoms with Gasteiger partial charge >= 0.3 is 0 Å². The molecule has 2 heterocycles. The van der Waals surface area contributed by atoms with Crippen molar-refractivity contribution in [2.75, 3.05) is 6.54 Å². The van der Waals surface area contributed by atoms with Crippen LogP contribution in [0.25, 0.3) is 0 Å². The molecule has 0 saturated carbocycles. The van der Waals surface area contributed by atoms with Crippen LogP contribution in [0.15, 0.2) is 20.1 Å². The van der Waals surface area contributed by atoms with Crippen molar-refractivity contribution < 1.29 is 13.2 Å². The van der Waals surface area contributed by atoms with E-state index in [-0.39, 0.29) is 28.0 Å². The molecule has 1 aliphatic heterocycles. The van der Waals surface area contributed by atoms with Crippen LogP contribution >= 0.6 is 27.3 Å². The molecular formula is C12H16BrNO3S2. The smallest absolute Gasteiger partial charge is 0.274 e. The van der Waals surface area contributed by atoms with E-state index in [1.807, 2.05) is 20.8 Å². The molecule has 7 heteroatoms. The highest BCUT2D eigenvalue weighted by atomic mass is 79.9. The van der Waals surface area contributed by atoms with Gasteiger partial charge < -0.3 is 0 Å². The second-order valence-electron chi connectivity index (χ2n) is 5.75. The molecule has 2 rings (SSSR count). The van der Waals surface area contributed by atoms with E-state index in [0.717, 1.165) is 15.6 Å². The number of hydrogen-bond donors (Lipinski definition) is 0. The first kappa shape index (κ1) is 15.0. The molecule has 0 aliphatic carbocycles. The monoisotopic (exact) mass is 365 g/mol. The Labute approximate surface area is 126 Å². The van der Waals surface area contributed by atoms with E-state index in [4.69, 9.17) is 0 Å². The van der Waals surface area contributed by atoms with E-state index in [1.54, 1.807) is 11.4 Å². The van der Waals surface area contributed by atoms with E-state index < -0.39 is 10.0 Å². The standard InChI is InChI=1S/C12H16BrNO3S2/c1-12(2,3)8-6-10(15)14(7-8)19(16,17)11-9(13)4-5-18-11/h4-5,8H,6-7H2,1-3H3. The van der Waals surface area contributed by atoms with Crippen LogP contribution in [0.1, 0.15) is 27.2 Å². The number of sulfonamides is 1. The quantitative estimate of drug-likeness (QED) is 0.808. The van der Waals surface area contributed by atoms with E-state index in [1.165, 1.54) is 0 Å². The number of nitrogens with zero attached hydrogens (tertiary/aromatic N) is 1. The summed E-state index contributed by atoms with van der Waals surface area (Å²) in [6.45, 7) is 6.36. The normalized spacial score (nSPS) is 21.2. The van der Waals surface area contributed by atoms with Gasteiger partial charge in [0, 0.05) is 17.4 Å². The van der Waals surface area contributed by atoms with Crippen molar-refractivity contribution in [1.29, 1.82) is 0 Å². The zero-order valence-corrected chi connectivity index (χ0v) is 14.2. The minimum Gasteiger partial charge on any atom is -0.274 e. The van der Waals surface area contributed by atoms with E-state index in [0.29, 0.717) is 10.9 Å². The van der Waals surface area contributed by atoms with Gasteiger partial charge in [-0.15, -0.1) is 11.3 Å². The van der Waals surface area contributed by atoms with Crippen molar-refractivity contribution in [2.45, 2.75) is 31.4 Å². The SMILES string of the molecule is CC(C)(C)C1CC(=O)N(S(=O)(=O)c2sccc2Br)C1. The molecule has 1 fully saturated rings. The average Bonchev–Trinajstić information content (AvgIpc) is 2.83. The maximum atomic E-state index is 12.5. The summed E-state index contributed by atoms with van der Waals surface area (Å²) in [4.78, 5) is 12.0. The van der Waals surface area contributed by atoms with Gasteiger partial charge in [-0.25, -0.2) is 12.7 Å². The molecular weight excluding hydrogens is 350 g/mol. The lowest BCUT2D eigenvalue weighted by molar-refractivity contribution is -0.123. The summed E-state index contributed by atoms with van der Waals surface area (Å²) >= 11 is 4.34. The summed E-state index contributed by atoms with van der Waals surface area (Å²) in [5.41, 5.74) is -0.0768. The maximum Gasteiger partial charge on any atom is 0.277 e. The molecule has 0 radical (unpaired) electrons. The third-order valence-electron chi connectivity index (χ3n) is 3.42. The first-order valence-electron chi connectivity index (χ1n) is 5.92. The predicted octanol–water partition coefficient (Wildman–Crippen LogP) is 3.09. The van der Waals surface area contributed by atoms with Crippen molar-refractivity contribution in [3.63, 3.8) is 0 Å². The summed E-state index contributed by atoms with van der Waals surface area (Å²) in [7, 11) is -3.71. The Bertz CT molecular complexity index is 601. The van der Waals surface area contributed by atoms with Gasteiger partial charge in [0.2, 0.25) is 5.91 Å². The van der Waals surface area contributed by atoms with Crippen molar-refractivity contribution in [3.8, 4) is 0 Å². The number of halogens is 1. The molecule has 1 atom stereocenters. The van der Waals surface area contributed by atoms with Gasteiger partial charge in [-0.05, 0) is 38.7 Å². The third kappa shape index (κ3) is 2.73. The van der Waals surface area contributed by atoms with Gasteiger partial charge in [-0.3, -0.25) is 4.79 Å². The summed E-state index contributed by atoms with van der Waals surface area (Å²) in [6.07, 6.45) is 0.297. The number of hydrogen-bond acceptors (Lipinski definition) is 4. The number of carbonyl (C=O) groups is 1. The molecule has 1 unspecified atom stereocenters. The summed E-state index contributed by atoms with van der Waals surface area (Å²) in [6, 6.07) is 1.68. The highest BCUT2D eigenvalue weighted by Gasteiger charge is 2.43. The van der Waals surface area contributed by atoms with E-state index >= 15 is 0 Å². The van der Waals surface area contributed by atoms with Crippen molar-refractivity contribution in [2.24, 2.45) is 11.3 Å². The third-order valence-corrected chi connectivity index (χ3v) is 7.85. The van der Waals surface area contributed by atoms with Crippen LogP contribution in [0.2, 0.25) is 0 Å². The first-order valence-corrected chi connectivity index (χ1v) is 9.04. The molecule has 0 bridgehead atoms. The summed E-state index contributed by atoms with van der Waals surface area (Å²) < 4.78 is 26.7. The van der Waals surface area contributed by atoms with E-state index in [2.05, 4.69) is 15.9 Å². The zero-order valence-electron chi connectivity index (χ0n) is 11.0. The summed E-state index contributed by atoms with van der Waals surface area (Å²) in [5, 5.41) is 1.69. The molecule has 19 heavy (non-hydrogen) atoms. The highest BCUT2D eigenvalue weighted by molar-refractivity contribution is 9.10. The Morgan fingerprint density at radius 2 is 2.05 bits per heavy atom. The van der Waals surface area contributed by atoms with Crippen molar-refractivity contribution >= 4 is 43.2 Å². The Balaban J connectivity index is 2.34. The van der Waals surface area contributed by atoms with Crippen molar-refractivity contribution in [3.05, 3.63) is 15.9 Å². The Morgan fingerprint density at radius 3 is 2.47 bits per heavy atom. The molecule has 1 aromatic heterocycles. The highest BCUT2D eigenvalue weighted by Crippen LogP contribution is 2.38. The van der Waals surface area contributed by atoms with Crippen LogP contribution in [-0.2, 0) is 14.8 Å². The second-order valence-corrected chi connectivity index (χ2v) is 9.58. The molecule has 1 aliphatic rings. The average molecular weight is 366 g/mol. The zero-order chi connectivity index (χ0) is 14.4. The molecule has 0 aromatic carbocycles. The van der Waals surface area contributed by atoms with Crippen molar-refractivity contribution in [1.82, 2.24) is 4.31 Å². The van der Waals surface area contributed by atoms with Crippen LogP contribution in [0.4, 0.5) is 0 Å². The number of amides is 1. The Hall–Kier alpha value is -0.400. The molecule has 0 spiro atoms. The molecule has 106 valence electrons. The van der Waals surface area contributed by atoms with Crippen LogP contribution in [-0.4, -0.2) is 25.2 Å². The Morgan fingerprint density at radius 1 is 1.42 bits per heavy atom. The molecule has 4 nitrogen and oxygen atoms in total. The molecule has 0 N–H and O–H groups in total. The van der Waals surface area contributed by atoms with Gasteiger partial charge in [0.25, 0.3) is 10.0 Å². The summed E-state index contributed by atoms with van der Waals surface area (Å²) in [5.74, 6) is -0.242. The maximum absolute atomic E-state index is 12.5. The minimum atomic E-state index is -3.71. The fourth-order valence-corrected chi connectivity index (χ4v) is 5.92. The largest absolute Gasteiger partial charge is 0.277 e. The van der Waals surface area contributed by atoms with Gasteiger partial charge in [0.05, 0.1) is 0 Å². The van der Waals surface area contributed by atoms with Crippen LogP contribution in [0.5, 0.6) is 0 Å². The number of carbonyl (C=O) groups excluding carboxylic acids is 1. The van der Waals surface area contributed by atoms with Gasteiger partial charge in [-0.2, -0.15) is 0 Å². The van der Waals surface area contributed by atoms with Gasteiger partial charge in [-0.1, -0.05) is 20.8 Å². The lowest BCUT2D eigenvalue weighted by atomic mass is 9.80. The number of thiophene rings is 1. The van der Waals surface area contributed by atoms with Gasteiger partial charge in [0.15, 0.2) is 4.21 Å². The lowest BCUT2D eigenvalue weighted by Gasteiger charge is -2.26. The lowest BCUT2D eigenvalue weighted by Crippen LogP contribution is -2.33. The fraction of sp³-hybridized carbons (Fsp3) is 0.583. The first-order chi connectivity index (χ1) is 8.64. The van der Waals surface area contributed by atoms with Crippen LogP contribution < -0.4 is 0 Å². The Kier molecular flexibility index (Phi) is 3.83. The fourth-order valence-electron chi connectivity index (χ4n) is 2.06. The number of rotatable bonds is 2. The topological polar surface area (TPSA) is 54.5 Å². The van der Waals surface area contributed by atoms with Crippen LogP contribution in [0.3, 0.4) is 0 Å². The predicted molar refractivity (Wildman–Crippen MR) is 78.5 cm³/mol. The van der Waals surface area contributed by atoms with Crippen LogP contribution in [0, 0.1) is 11.3 Å². The second kappa shape index (κ2) is 4.86. The molecule has 1 saturated heterocycles.